The van der Waals surface area contributed by atoms with Crippen LogP contribution in [0, 0.1) is 12.7 Å². The van der Waals surface area contributed by atoms with Crippen molar-refractivity contribution in [3.05, 3.63) is 65.6 Å². The number of aryl methyl sites for hydroxylation is 1. The zero-order valence-corrected chi connectivity index (χ0v) is 15.4. The van der Waals surface area contributed by atoms with Gasteiger partial charge in [-0.1, -0.05) is 12.1 Å². The second-order valence-electron chi connectivity index (χ2n) is 5.89. The van der Waals surface area contributed by atoms with Gasteiger partial charge in [0.05, 0.1) is 19.9 Å². The van der Waals surface area contributed by atoms with E-state index >= 15 is 0 Å². The maximum Gasteiger partial charge on any atom is 0.225 e. The molecule has 3 aromatic rings. The van der Waals surface area contributed by atoms with E-state index in [1.54, 1.807) is 26.4 Å². The summed E-state index contributed by atoms with van der Waals surface area (Å²) in [7, 11) is 3.21. The predicted octanol–water partition coefficient (Wildman–Crippen LogP) is 4.30. The van der Waals surface area contributed by atoms with Crippen LogP contribution in [0.3, 0.4) is 0 Å². The third kappa shape index (κ3) is 4.84. The second kappa shape index (κ2) is 8.35. The van der Waals surface area contributed by atoms with Gasteiger partial charge < -0.3 is 20.1 Å². The van der Waals surface area contributed by atoms with Crippen molar-refractivity contribution in [1.29, 1.82) is 0 Å². The van der Waals surface area contributed by atoms with Crippen molar-refractivity contribution < 1.29 is 13.9 Å². The van der Waals surface area contributed by atoms with Crippen molar-refractivity contribution in [2.75, 3.05) is 24.9 Å². The van der Waals surface area contributed by atoms with Gasteiger partial charge in [-0.2, -0.15) is 4.98 Å². The molecular formula is C20H21FN4O2. The fourth-order valence-corrected chi connectivity index (χ4v) is 2.54. The molecule has 2 aromatic carbocycles. The van der Waals surface area contributed by atoms with Crippen molar-refractivity contribution in [2.24, 2.45) is 0 Å². The molecule has 0 atom stereocenters. The molecule has 0 aliphatic rings. The third-order valence-electron chi connectivity index (χ3n) is 3.89. The molecule has 2 N–H and O–H groups in total. The monoisotopic (exact) mass is 368 g/mol. The smallest absolute Gasteiger partial charge is 0.225 e. The van der Waals surface area contributed by atoms with Crippen molar-refractivity contribution in [3.8, 4) is 11.5 Å². The van der Waals surface area contributed by atoms with E-state index in [2.05, 4.69) is 20.6 Å². The van der Waals surface area contributed by atoms with Crippen LogP contribution in [-0.2, 0) is 6.54 Å². The lowest BCUT2D eigenvalue weighted by Crippen LogP contribution is -2.06. The quantitative estimate of drug-likeness (QED) is 0.648. The van der Waals surface area contributed by atoms with Crippen LogP contribution < -0.4 is 20.1 Å². The summed E-state index contributed by atoms with van der Waals surface area (Å²) in [6, 6.07) is 13.6. The molecule has 140 valence electrons. The first-order valence-electron chi connectivity index (χ1n) is 8.40. The number of halogens is 1. The number of rotatable bonds is 7. The molecule has 27 heavy (non-hydrogen) atoms. The molecule has 0 aliphatic carbocycles. The number of benzene rings is 2. The highest BCUT2D eigenvalue weighted by Crippen LogP contribution is 2.31. The average molecular weight is 368 g/mol. The fraction of sp³-hybridized carbons (Fsp3) is 0.200. The summed E-state index contributed by atoms with van der Waals surface area (Å²) in [5, 5.41) is 6.40. The van der Waals surface area contributed by atoms with E-state index in [4.69, 9.17) is 9.47 Å². The van der Waals surface area contributed by atoms with Gasteiger partial charge in [-0.3, -0.25) is 0 Å². The van der Waals surface area contributed by atoms with Crippen LogP contribution in [0.25, 0.3) is 0 Å². The topological polar surface area (TPSA) is 68.3 Å². The highest BCUT2D eigenvalue weighted by Gasteiger charge is 2.08. The molecule has 0 bridgehead atoms. The Bertz CT molecular complexity index is 916. The number of anilines is 3. The second-order valence-corrected chi connectivity index (χ2v) is 5.89. The van der Waals surface area contributed by atoms with Gasteiger partial charge in [0.25, 0.3) is 0 Å². The van der Waals surface area contributed by atoms with Crippen LogP contribution in [-0.4, -0.2) is 24.2 Å². The molecule has 1 aromatic heterocycles. The Labute approximate surface area is 157 Å². The molecule has 1 heterocycles. The Morgan fingerprint density at radius 1 is 0.963 bits per heavy atom. The van der Waals surface area contributed by atoms with Crippen molar-refractivity contribution in [1.82, 2.24) is 9.97 Å². The predicted molar refractivity (Wildman–Crippen MR) is 103 cm³/mol. The van der Waals surface area contributed by atoms with Gasteiger partial charge in [-0.25, -0.2) is 9.37 Å². The number of aromatic nitrogens is 2. The normalized spacial score (nSPS) is 10.4. The number of hydrogen-bond acceptors (Lipinski definition) is 6. The molecule has 0 amide bonds. The van der Waals surface area contributed by atoms with Gasteiger partial charge in [0.1, 0.15) is 23.1 Å². The molecule has 0 unspecified atom stereocenters. The van der Waals surface area contributed by atoms with Crippen LogP contribution >= 0.6 is 0 Å². The summed E-state index contributed by atoms with van der Waals surface area (Å²) in [5.74, 6) is 2.22. The highest BCUT2D eigenvalue weighted by molar-refractivity contribution is 5.67. The first kappa shape index (κ1) is 18.4. The van der Waals surface area contributed by atoms with E-state index in [-0.39, 0.29) is 5.82 Å². The summed E-state index contributed by atoms with van der Waals surface area (Å²) in [6.07, 6.45) is 0. The highest BCUT2D eigenvalue weighted by atomic mass is 19.1. The Kier molecular flexibility index (Phi) is 5.71. The minimum atomic E-state index is -0.260. The average Bonchev–Trinajstić information content (AvgIpc) is 2.67. The van der Waals surface area contributed by atoms with Gasteiger partial charge in [-0.15, -0.1) is 0 Å². The first-order chi connectivity index (χ1) is 13.1. The number of hydrogen-bond donors (Lipinski definition) is 2. The van der Waals surface area contributed by atoms with E-state index in [9.17, 15) is 4.39 Å². The molecule has 0 spiro atoms. The third-order valence-corrected chi connectivity index (χ3v) is 3.89. The standard InChI is InChI=1S/C20H21FN4O2/c1-13-10-19(24-17-11-16(26-2)8-9-18(17)27-3)25-20(23-13)22-12-14-4-6-15(21)7-5-14/h4-11H,12H2,1-3H3,(H2,22,23,24,25). The maximum atomic E-state index is 13.0. The number of ether oxygens (including phenoxy) is 2. The molecule has 0 saturated heterocycles. The minimum absolute atomic E-state index is 0.260. The lowest BCUT2D eigenvalue weighted by atomic mass is 10.2. The van der Waals surface area contributed by atoms with Gasteiger partial charge in [0.15, 0.2) is 0 Å². The van der Waals surface area contributed by atoms with E-state index in [0.717, 1.165) is 16.9 Å². The van der Waals surface area contributed by atoms with Crippen LogP contribution in [0.2, 0.25) is 0 Å². The lowest BCUT2D eigenvalue weighted by Gasteiger charge is -2.13. The lowest BCUT2D eigenvalue weighted by molar-refractivity contribution is 0.405. The molecule has 3 rings (SSSR count). The van der Waals surface area contributed by atoms with Crippen LogP contribution in [0.5, 0.6) is 11.5 Å². The van der Waals surface area contributed by atoms with Gasteiger partial charge in [0.2, 0.25) is 5.95 Å². The first-order valence-corrected chi connectivity index (χ1v) is 8.40. The van der Waals surface area contributed by atoms with E-state index in [0.29, 0.717) is 29.8 Å². The van der Waals surface area contributed by atoms with Gasteiger partial charge in [0, 0.05) is 24.4 Å². The fourth-order valence-electron chi connectivity index (χ4n) is 2.54. The van der Waals surface area contributed by atoms with E-state index in [1.807, 2.05) is 31.2 Å². The number of nitrogens with one attached hydrogen (secondary N) is 2. The van der Waals surface area contributed by atoms with Crippen molar-refractivity contribution >= 4 is 17.5 Å². The van der Waals surface area contributed by atoms with Crippen molar-refractivity contribution in [2.45, 2.75) is 13.5 Å². The minimum Gasteiger partial charge on any atom is -0.497 e. The summed E-state index contributed by atoms with van der Waals surface area (Å²) in [6.45, 7) is 2.38. The van der Waals surface area contributed by atoms with E-state index < -0.39 is 0 Å². The number of methoxy groups -OCH3 is 2. The van der Waals surface area contributed by atoms with Crippen LogP contribution in [0.15, 0.2) is 48.5 Å². The number of nitrogens with zero attached hydrogens (tertiary/aromatic N) is 2. The van der Waals surface area contributed by atoms with E-state index in [1.165, 1.54) is 12.1 Å². The summed E-state index contributed by atoms with van der Waals surface area (Å²) >= 11 is 0. The Hall–Kier alpha value is -3.35. The molecule has 6 nitrogen and oxygen atoms in total. The Balaban J connectivity index is 1.78. The molecule has 7 heteroatoms. The van der Waals surface area contributed by atoms with Crippen molar-refractivity contribution in [3.63, 3.8) is 0 Å². The van der Waals surface area contributed by atoms with Crippen LogP contribution in [0.4, 0.5) is 21.8 Å². The Morgan fingerprint density at radius 2 is 1.74 bits per heavy atom. The zero-order chi connectivity index (χ0) is 19.2. The molecule has 0 saturated carbocycles. The van der Waals surface area contributed by atoms with Gasteiger partial charge in [-0.05, 0) is 36.8 Å². The summed E-state index contributed by atoms with van der Waals surface area (Å²) in [4.78, 5) is 8.88. The van der Waals surface area contributed by atoms with Crippen LogP contribution in [0.1, 0.15) is 11.3 Å². The largest absolute Gasteiger partial charge is 0.497 e. The van der Waals surface area contributed by atoms with Gasteiger partial charge >= 0.3 is 0 Å². The summed E-state index contributed by atoms with van der Waals surface area (Å²) in [5.41, 5.74) is 2.47. The molecular weight excluding hydrogens is 347 g/mol. The summed E-state index contributed by atoms with van der Waals surface area (Å²) < 4.78 is 23.7. The molecule has 0 fully saturated rings. The maximum absolute atomic E-state index is 13.0. The zero-order valence-electron chi connectivity index (χ0n) is 15.4. The molecule has 0 aliphatic heterocycles. The molecule has 0 radical (unpaired) electrons. The Morgan fingerprint density at radius 3 is 2.44 bits per heavy atom. The SMILES string of the molecule is COc1ccc(OC)c(Nc2cc(C)nc(NCc3ccc(F)cc3)n2)c1.